The molecule has 1 heterocycles. The van der Waals surface area contributed by atoms with Crippen molar-refractivity contribution in [3.05, 3.63) is 0 Å². The van der Waals surface area contributed by atoms with Crippen molar-refractivity contribution in [1.82, 2.24) is 4.90 Å². The van der Waals surface area contributed by atoms with E-state index < -0.39 is 0 Å². The Kier molecular flexibility index (Phi) is 5.26. The van der Waals surface area contributed by atoms with Gasteiger partial charge in [-0.05, 0) is 51.6 Å². The van der Waals surface area contributed by atoms with Gasteiger partial charge < -0.3 is 10.0 Å². The summed E-state index contributed by atoms with van der Waals surface area (Å²) in [6.07, 6.45) is 6.06. The Bertz CT molecular complexity index is 189. The van der Waals surface area contributed by atoms with Gasteiger partial charge in [-0.25, -0.2) is 0 Å². The van der Waals surface area contributed by atoms with Crippen molar-refractivity contribution in [3.63, 3.8) is 0 Å². The maximum atomic E-state index is 9.42. The number of likely N-dealkylation sites (tertiary alicyclic amines) is 1. The summed E-state index contributed by atoms with van der Waals surface area (Å²) < 4.78 is 0. The van der Waals surface area contributed by atoms with E-state index in [1.54, 1.807) is 0 Å². The summed E-state index contributed by atoms with van der Waals surface area (Å²) in [6, 6.07) is 0.534. The molecule has 2 heteroatoms. The molecule has 0 aromatic rings. The van der Waals surface area contributed by atoms with E-state index in [1.807, 2.05) is 6.92 Å². The number of aliphatic hydroxyl groups excluding tert-OH is 1. The third-order valence-electron chi connectivity index (χ3n) is 4.66. The second-order valence-electron chi connectivity index (χ2n) is 5.68. The largest absolute Gasteiger partial charge is 0.393 e. The Morgan fingerprint density at radius 1 is 1.12 bits per heavy atom. The molecule has 0 spiro atoms. The molecule has 1 rings (SSSR count). The number of piperidine rings is 1. The zero-order valence-corrected chi connectivity index (χ0v) is 11.5. The maximum absolute atomic E-state index is 9.42. The van der Waals surface area contributed by atoms with Gasteiger partial charge in [-0.15, -0.1) is 0 Å². The van der Waals surface area contributed by atoms with E-state index in [0.717, 1.165) is 6.42 Å². The highest BCUT2D eigenvalue weighted by molar-refractivity contribution is 4.86. The second-order valence-corrected chi connectivity index (χ2v) is 5.68. The van der Waals surface area contributed by atoms with E-state index in [-0.39, 0.29) is 6.10 Å². The van der Waals surface area contributed by atoms with Gasteiger partial charge in [0.2, 0.25) is 0 Å². The van der Waals surface area contributed by atoms with Crippen LogP contribution in [0, 0.1) is 5.41 Å². The molecule has 2 unspecified atom stereocenters. The minimum Gasteiger partial charge on any atom is -0.393 e. The first-order valence-corrected chi connectivity index (χ1v) is 6.95. The van der Waals surface area contributed by atoms with Crippen LogP contribution < -0.4 is 0 Å². The molecule has 16 heavy (non-hydrogen) atoms. The van der Waals surface area contributed by atoms with Gasteiger partial charge in [0.15, 0.2) is 0 Å². The van der Waals surface area contributed by atoms with Crippen LogP contribution in [0.2, 0.25) is 0 Å². The molecule has 1 fully saturated rings. The molecular weight excluding hydrogens is 198 g/mol. The quantitative estimate of drug-likeness (QED) is 0.780. The van der Waals surface area contributed by atoms with Gasteiger partial charge in [-0.1, -0.05) is 26.7 Å². The number of rotatable bonds is 5. The zero-order chi connectivity index (χ0) is 12.2. The fourth-order valence-corrected chi connectivity index (χ4v) is 3.04. The van der Waals surface area contributed by atoms with Crippen LogP contribution in [0.3, 0.4) is 0 Å². The van der Waals surface area contributed by atoms with Crippen molar-refractivity contribution in [3.8, 4) is 0 Å². The third kappa shape index (κ3) is 3.46. The molecule has 1 saturated heterocycles. The van der Waals surface area contributed by atoms with Crippen molar-refractivity contribution in [1.29, 1.82) is 0 Å². The predicted octanol–water partition coefficient (Wildman–Crippen LogP) is 3.05. The van der Waals surface area contributed by atoms with Crippen LogP contribution in [0.1, 0.15) is 59.8 Å². The van der Waals surface area contributed by atoms with Gasteiger partial charge in [-0.3, -0.25) is 0 Å². The van der Waals surface area contributed by atoms with Crippen LogP contribution in [-0.2, 0) is 0 Å². The van der Waals surface area contributed by atoms with Crippen molar-refractivity contribution in [2.45, 2.75) is 71.9 Å². The van der Waals surface area contributed by atoms with E-state index >= 15 is 0 Å². The standard InChI is InChI=1S/C14H29NO/c1-5-14(6-2)7-9-15(10-8-14)12(3)11-13(4)16/h12-13,16H,5-11H2,1-4H3. The first-order chi connectivity index (χ1) is 7.53. The summed E-state index contributed by atoms with van der Waals surface area (Å²) in [5.74, 6) is 0. The fourth-order valence-electron chi connectivity index (χ4n) is 3.04. The average Bonchev–Trinajstić information content (AvgIpc) is 2.28. The topological polar surface area (TPSA) is 23.5 Å². The second kappa shape index (κ2) is 6.02. The number of nitrogens with zero attached hydrogens (tertiary/aromatic N) is 1. The number of hydrogen-bond donors (Lipinski definition) is 1. The first-order valence-electron chi connectivity index (χ1n) is 6.95. The van der Waals surface area contributed by atoms with E-state index in [0.29, 0.717) is 11.5 Å². The van der Waals surface area contributed by atoms with Gasteiger partial charge >= 0.3 is 0 Å². The monoisotopic (exact) mass is 227 g/mol. The summed E-state index contributed by atoms with van der Waals surface area (Å²) in [7, 11) is 0. The molecule has 1 N–H and O–H groups in total. The van der Waals surface area contributed by atoms with Crippen LogP contribution in [-0.4, -0.2) is 35.2 Å². The normalized spacial score (nSPS) is 25.3. The fraction of sp³-hybridized carbons (Fsp3) is 1.00. The molecule has 0 aromatic heterocycles. The molecule has 0 aromatic carbocycles. The van der Waals surface area contributed by atoms with Crippen LogP contribution in [0.4, 0.5) is 0 Å². The molecule has 2 nitrogen and oxygen atoms in total. The molecule has 2 atom stereocenters. The third-order valence-corrected chi connectivity index (χ3v) is 4.66. The number of hydrogen-bond acceptors (Lipinski definition) is 2. The lowest BCUT2D eigenvalue weighted by Crippen LogP contribution is -2.44. The van der Waals surface area contributed by atoms with Crippen LogP contribution in [0.25, 0.3) is 0 Å². The minimum atomic E-state index is -0.168. The summed E-state index contributed by atoms with van der Waals surface area (Å²) >= 11 is 0. The summed E-state index contributed by atoms with van der Waals surface area (Å²) in [4.78, 5) is 2.55. The summed E-state index contributed by atoms with van der Waals surface area (Å²) in [6.45, 7) is 11.2. The highest BCUT2D eigenvalue weighted by Crippen LogP contribution is 2.38. The molecular formula is C14H29NO. The Labute approximate surface area is 101 Å². The van der Waals surface area contributed by atoms with Gasteiger partial charge in [0.05, 0.1) is 6.10 Å². The zero-order valence-electron chi connectivity index (χ0n) is 11.5. The van der Waals surface area contributed by atoms with Gasteiger partial charge in [0.25, 0.3) is 0 Å². The lowest BCUT2D eigenvalue weighted by Gasteiger charge is -2.43. The summed E-state index contributed by atoms with van der Waals surface area (Å²) in [5, 5.41) is 9.42. The van der Waals surface area contributed by atoms with Crippen molar-refractivity contribution >= 4 is 0 Å². The lowest BCUT2D eigenvalue weighted by molar-refractivity contribution is 0.0514. The van der Waals surface area contributed by atoms with Crippen molar-refractivity contribution in [2.75, 3.05) is 13.1 Å². The Hall–Kier alpha value is -0.0800. The molecule has 1 aliphatic heterocycles. The van der Waals surface area contributed by atoms with Crippen LogP contribution in [0.15, 0.2) is 0 Å². The minimum absolute atomic E-state index is 0.168. The lowest BCUT2D eigenvalue weighted by atomic mass is 9.74. The van der Waals surface area contributed by atoms with Crippen molar-refractivity contribution < 1.29 is 5.11 Å². The highest BCUT2D eigenvalue weighted by atomic mass is 16.3. The molecule has 0 saturated carbocycles. The number of aliphatic hydroxyl groups is 1. The molecule has 0 amide bonds. The Balaban J connectivity index is 2.42. The van der Waals surface area contributed by atoms with Crippen LogP contribution >= 0.6 is 0 Å². The average molecular weight is 227 g/mol. The molecule has 0 bridgehead atoms. The summed E-state index contributed by atoms with van der Waals surface area (Å²) in [5.41, 5.74) is 0.612. The maximum Gasteiger partial charge on any atom is 0.0526 e. The predicted molar refractivity (Wildman–Crippen MR) is 69.6 cm³/mol. The van der Waals surface area contributed by atoms with Crippen LogP contribution in [0.5, 0.6) is 0 Å². The Morgan fingerprint density at radius 2 is 1.62 bits per heavy atom. The van der Waals surface area contributed by atoms with E-state index in [9.17, 15) is 5.11 Å². The molecule has 0 aliphatic carbocycles. The Morgan fingerprint density at radius 3 is 2.00 bits per heavy atom. The van der Waals surface area contributed by atoms with Gasteiger partial charge in [0, 0.05) is 6.04 Å². The van der Waals surface area contributed by atoms with E-state index in [1.165, 1.54) is 38.8 Å². The molecule has 96 valence electrons. The first kappa shape index (κ1) is 14.0. The SMILES string of the molecule is CCC1(CC)CCN(C(C)CC(C)O)CC1. The smallest absolute Gasteiger partial charge is 0.0526 e. The molecule has 0 radical (unpaired) electrons. The van der Waals surface area contributed by atoms with Gasteiger partial charge in [-0.2, -0.15) is 0 Å². The molecule has 1 aliphatic rings. The van der Waals surface area contributed by atoms with Crippen molar-refractivity contribution in [2.24, 2.45) is 5.41 Å². The van der Waals surface area contributed by atoms with E-state index in [4.69, 9.17) is 0 Å². The highest BCUT2D eigenvalue weighted by Gasteiger charge is 2.32. The van der Waals surface area contributed by atoms with E-state index in [2.05, 4.69) is 25.7 Å². The van der Waals surface area contributed by atoms with Gasteiger partial charge in [0.1, 0.15) is 0 Å².